The summed E-state index contributed by atoms with van der Waals surface area (Å²) in [5, 5.41) is 11.7. The first kappa shape index (κ1) is 12.4. The number of nitrogens with zero attached hydrogens (tertiary/aromatic N) is 1. The van der Waals surface area contributed by atoms with Gasteiger partial charge < -0.3 is 15.2 Å². The molecule has 0 aliphatic carbocycles. The molecule has 2 rings (SSSR count). The van der Waals surface area contributed by atoms with Crippen LogP contribution in [0.25, 0.3) is 0 Å². The average molecular weight is 250 g/mol. The van der Waals surface area contributed by atoms with E-state index >= 15 is 0 Å². The summed E-state index contributed by atoms with van der Waals surface area (Å²) >= 11 is 0. The lowest BCUT2D eigenvalue weighted by molar-refractivity contribution is -0.128. The number of aliphatic hydroxyl groups excluding tert-OH is 1. The van der Waals surface area contributed by atoms with Crippen molar-refractivity contribution in [1.29, 1.82) is 0 Å². The molecule has 1 aliphatic rings. The minimum atomic E-state index is -0.430. The molecule has 2 amide bonds. The molecule has 0 spiro atoms. The van der Waals surface area contributed by atoms with Crippen molar-refractivity contribution in [1.82, 2.24) is 0 Å². The Hall–Kier alpha value is -2.08. The van der Waals surface area contributed by atoms with Crippen LogP contribution in [-0.2, 0) is 9.59 Å². The van der Waals surface area contributed by atoms with Crippen LogP contribution in [0.5, 0.6) is 5.75 Å². The molecule has 6 nitrogen and oxygen atoms in total. The normalized spacial score (nSPS) is 13.9. The summed E-state index contributed by atoms with van der Waals surface area (Å²) in [5.74, 6) is -0.366. The predicted octanol–water partition coefficient (Wildman–Crippen LogP) is 0.363. The fourth-order valence-electron chi connectivity index (χ4n) is 1.79. The third-order valence-electron chi connectivity index (χ3n) is 2.66. The van der Waals surface area contributed by atoms with Gasteiger partial charge in [0.1, 0.15) is 5.75 Å². The average Bonchev–Trinajstić information content (AvgIpc) is 2.38. The van der Waals surface area contributed by atoms with Crippen molar-refractivity contribution in [2.75, 3.05) is 30.5 Å². The molecule has 6 heteroatoms. The van der Waals surface area contributed by atoms with Crippen LogP contribution in [0.3, 0.4) is 0 Å². The second-order valence-corrected chi connectivity index (χ2v) is 3.82. The van der Waals surface area contributed by atoms with Crippen LogP contribution in [-0.4, -0.2) is 37.2 Å². The number of anilines is 2. The summed E-state index contributed by atoms with van der Waals surface area (Å²) in [6.07, 6.45) is -0.0883. The Morgan fingerprint density at radius 2 is 2.33 bits per heavy atom. The van der Waals surface area contributed by atoms with E-state index in [1.807, 2.05) is 0 Å². The van der Waals surface area contributed by atoms with Gasteiger partial charge in [0, 0.05) is 12.7 Å². The Morgan fingerprint density at radius 3 is 3.00 bits per heavy atom. The summed E-state index contributed by atoms with van der Waals surface area (Å²) < 4.78 is 5.26. The number of benzene rings is 1. The zero-order valence-electron chi connectivity index (χ0n) is 9.97. The zero-order valence-corrected chi connectivity index (χ0v) is 9.97. The van der Waals surface area contributed by atoms with Gasteiger partial charge in [-0.2, -0.15) is 0 Å². The van der Waals surface area contributed by atoms with Gasteiger partial charge in [-0.25, -0.2) is 4.90 Å². The molecule has 0 saturated heterocycles. The minimum absolute atomic E-state index is 0.0883. The number of rotatable bonds is 3. The van der Waals surface area contributed by atoms with Crippen molar-refractivity contribution < 1.29 is 19.4 Å². The molecule has 0 radical (unpaired) electrons. The fourth-order valence-corrected chi connectivity index (χ4v) is 1.79. The molecule has 0 fully saturated rings. The summed E-state index contributed by atoms with van der Waals surface area (Å²) in [6.45, 7) is -0.451. The van der Waals surface area contributed by atoms with Gasteiger partial charge in [-0.1, -0.05) is 0 Å². The predicted molar refractivity (Wildman–Crippen MR) is 65.7 cm³/mol. The van der Waals surface area contributed by atoms with Crippen molar-refractivity contribution in [3.8, 4) is 5.75 Å². The van der Waals surface area contributed by atoms with Crippen LogP contribution in [0, 0.1) is 0 Å². The van der Waals surface area contributed by atoms with Gasteiger partial charge in [0.05, 0.1) is 18.7 Å². The lowest BCUT2D eigenvalue weighted by Gasteiger charge is -2.28. The molecule has 0 saturated carbocycles. The highest BCUT2D eigenvalue weighted by Gasteiger charge is 2.30. The molecule has 0 aromatic heterocycles. The second-order valence-electron chi connectivity index (χ2n) is 3.82. The first-order valence-corrected chi connectivity index (χ1v) is 5.58. The Bertz CT molecular complexity index is 487. The zero-order chi connectivity index (χ0) is 13.1. The van der Waals surface area contributed by atoms with Gasteiger partial charge in [-0.15, -0.1) is 0 Å². The molecule has 1 heterocycles. The topological polar surface area (TPSA) is 78.9 Å². The number of carbonyl (C=O) groups is 2. The standard InChI is InChI=1S/C12H14N2O4/c1-13-8-2-3-10-9(6-8)14(11(16)4-5-15)12(17)7-18-10/h2-3,6,13,15H,4-5,7H2,1H3. The van der Waals surface area contributed by atoms with Crippen LogP contribution < -0.4 is 15.0 Å². The monoisotopic (exact) mass is 250 g/mol. The number of hydrogen-bond acceptors (Lipinski definition) is 5. The number of amides is 2. The highest BCUT2D eigenvalue weighted by atomic mass is 16.5. The number of imide groups is 1. The molecule has 0 bridgehead atoms. The van der Waals surface area contributed by atoms with Crippen molar-refractivity contribution in [2.24, 2.45) is 0 Å². The second kappa shape index (κ2) is 5.05. The van der Waals surface area contributed by atoms with Gasteiger partial charge in [-0.3, -0.25) is 9.59 Å². The highest BCUT2D eigenvalue weighted by Crippen LogP contribution is 2.34. The van der Waals surface area contributed by atoms with Crippen LogP contribution in [0.4, 0.5) is 11.4 Å². The van der Waals surface area contributed by atoms with Crippen molar-refractivity contribution >= 4 is 23.2 Å². The summed E-state index contributed by atoms with van der Waals surface area (Å²) in [6, 6.07) is 5.16. The van der Waals surface area contributed by atoms with E-state index in [1.165, 1.54) is 0 Å². The van der Waals surface area contributed by atoms with E-state index in [2.05, 4.69) is 5.32 Å². The summed E-state index contributed by atoms with van der Waals surface area (Å²) in [4.78, 5) is 24.7. The Kier molecular flexibility index (Phi) is 3.47. The van der Waals surface area contributed by atoms with E-state index in [4.69, 9.17) is 9.84 Å². The van der Waals surface area contributed by atoms with Gasteiger partial charge in [0.15, 0.2) is 6.61 Å². The van der Waals surface area contributed by atoms with E-state index in [1.54, 1.807) is 25.2 Å². The molecule has 1 aliphatic heterocycles. The minimum Gasteiger partial charge on any atom is -0.482 e. The molecule has 18 heavy (non-hydrogen) atoms. The third-order valence-corrected chi connectivity index (χ3v) is 2.66. The summed E-state index contributed by atoms with van der Waals surface area (Å²) in [5.41, 5.74) is 1.19. The third kappa shape index (κ3) is 2.14. The molecular formula is C12H14N2O4. The number of hydrogen-bond donors (Lipinski definition) is 2. The van der Waals surface area contributed by atoms with Gasteiger partial charge in [0.2, 0.25) is 5.91 Å². The number of aliphatic hydroxyl groups is 1. The maximum absolute atomic E-state index is 11.8. The van der Waals surface area contributed by atoms with E-state index in [9.17, 15) is 9.59 Å². The largest absolute Gasteiger partial charge is 0.482 e. The Labute approximate surface area is 104 Å². The molecule has 0 unspecified atom stereocenters. The van der Waals surface area contributed by atoms with Gasteiger partial charge in [0.25, 0.3) is 5.91 Å². The van der Waals surface area contributed by atoms with Crippen molar-refractivity contribution in [3.05, 3.63) is 18.2 Å². The van der Waals surface area contributed by atoms with E-state index < -0.39 is 11.8 Å². The number of nitrogens with one attached hydrogen (secondary N) is 1. The maximum Gasteiger partial charge on any atom is 0.271 e. The Balaban J connectivity index is 2.42. The maximum atomic E-state index is 11.8. The van der Waals surface area contributed by atoms with Crippen molar-refractivity contribution in [3.63, 3.8) is 0 Å². The molecule has 0 atom stereocenters. The SMILES string of the molecule is CNc1ccc2c(c1)N(C(=O)CCO)C(=O)CO2. The number of fused-ring (bicyclic) bond motifs is 1. The first-order chi connectivity index (χ1) is 8.67. The number of ether oxygens (including phenoxy) is 1. The molecule has 2 N–H and O–H groups in total. The lowest BCUT2D eigenvalue weighted by Crippen LogP contribution is -2.43. The molecule has 1 aromatic carbocycles. The first-order valence-electron chi connectivity index (χ1n) is 5.58. The van der Waals surface area contributed by atoms with E-state index in [0.29, 0.717) is 11.4 Å². The highest BCUT2D eigenvalue weighted by molar-refractivity contribution is 6.17. The van der Waals surface area contributed by atoms with Gasteiger partial charge in [-0.05, 0) is 18.2 Å². The molecule has 1 aromatic rings. The lowest BCUT2D eigenvalue weighted by atomic mass is 10.2. The molecular weight excluding hydrogens is 236 g/mol. The fraction of sp³-hybridized carbons (Fsp3) is 0.333. The number of carbonyl (C=O) groups excluding carboxylic acids is 2. The molecule has 96 valence electrons. The van der Waals surface area contributed by atoms with E-state index in [0.717, 1.165) is 10.6 Å². The summed E-state index contributed by atoms with van der Waals surface area (Å²) in [7, 11) is 1.74. The Morgan fingerprint density at radius 1 is 1.56 bits per heavy atom. The van der Waals surface area contributed by atoms with Crippen LogP contribution >= 0.6 is 0 Å². The quantitative estimate of drug-likeness (QED) is 0.810. The smallest absolute Gasteiger partial charge is 0.271 e. The van der Waals surface area contributed by atoms with Crippen molar-refractivity contribution in [2.45, 2.75) is 6.42 Å². The van der Waals surface area contributed by atoms with E-state index in [-0.39, 0.29) is 19.6 Å². The van der Waals surface area contributed by atoms with Crippen LogP contribution in [0.1, 0.15) is 6.42 Å². The van der Waals surface area contributed by atoms with Crippen LogP contribution in [0.15, 0.2) is 18.2 Å². The van der Waals surface area contributed by atoms with Gasteiger partial charge >= 0.3 is 0 Å². The van der Waals surface area contributed by atoms with Crippen LogP contribution in [0.2, 0.25) is 0 Å².